The fourth-order valence-electron chi connectivity index (χ4n) is 2.27. The first-order valence-corrected chi connectivity index (χ1v) is 6.80. The van der Waals surface area contributed by atoms with Gasteiger partial charge in [0.05, 0.1) is 5.92 Å². The second kappa shape index (κ2) is 7.94. The first-order valence-electron chi connectivity index (χ1n) is 6.80. The summed E-state index contributed by atoms with van der Waals surface area (Å²) in [6.45, 7) is 2.10. The van der Waals surface area contributed by atoms with Gasteiger partial charge in [-0.15, -0.1) is 0 Å². The van der Waals surface area contributed by atoms with E-state index in [2.05, 4.69) is 0 Å². The maximum Gasteiger partial charge on any atom is 0.307 e. The van der Waals surface area contributed by atoms with Gasteiger partial charge in [0.1, 0.15) is 11.6 Å². The van der Waals surface area contributed by atoms with Gasteiger partial charge in [0.2, 0.25) is 0 Å². The van der Waals surface area contributed by atoms with E-state index in [-0.39, 0.29) is 12.5 Å². The largest absolute Gasteiger partial charge is 0.481 e. The third-order valence-corrected chi connectivity index (χ3v) is 3.48. The molecule has 0 radical (unpaired) electrons. The van der Waals surface area contributed by atoms with Crippen LogP contribution in [-0.4, -0.2) is 17.6 Å². The summed E-state index contributed by atoms with van der Waals surface area (Å²) in [6.07, 6.45) is 2.58. The molecular weight excluding hydrogens is 264 g/mol. The van der Waals surface area contributed by atoms with E-state index in [1.54, 1.807) is 0 Å². The Hall–Kier alpha value is -1.49. The first-order chi connectivity index (χ1) is 9.43. The van der Waals surface area contributed by atoms with Crippen molar-refractivity contribution >= 4 is 5.97 Å². The van der Waals surface area contributed by atoms with Crippen molar-refractivity contribution in [2.75, 3.05) is 6.54 Å². The van der Waals surface area contributed by atoms with E-state index in [0.29, 0.717) is 18.4 Å². The van der Waals surface area contributed by atoms with Gasteiger partial charge in [-0.25, -0.2) is 8.78 Å². The molecule has 1 rings (SSSR count). The van der Waals surface area contributed by atoms with Crippen molar-refractivity contribution in [2.45, 2.75) is 32.6 Å². The van der Waals surface area contributed by atoms with E-state index < -0.39 is 23.5 Å². The Kier molecular flexibility index (Phi) is 6.58. The molecule has 0 fully saturated rings. The van der Waals surface area contributed by atoms with Crippen LogP contribution in [0, 0.1) is 23.5 Å². The molecule has 0 unspecified atom stereocenters. The molecule has 0 saturated carbocycles. The van der Waals surface area contributed by atoms with Crippen LogP contribution >= 0.6 is 0 Å². The summed E-state index contributed by atoms with van der Waals surface area (Å²) in [4.78, 5) is 10.9. The third-order valence-electron chi connectivity index (χ3n) is 3.48. The Bertz CT molecular complexity index is 451. The Labute approximate surface area is 117 Å². The van der Waals surface area contributed by atoms with Crippen molar-refractivity contribution in [3.8, 4) is 0 Å². The molecule has 0 amide bonds. The number of nitrogens with two attached hydrogens (primary N) is 1. The van der Waals surface area contributed by atoms with Crippen LogP contribution in [0.3, 0.4) is 0 Å². The highest BCUT2D eigenvalue weighted by atomic mass is 19.1. The highest BCUT2D eigenvalue weighted by Gasteiger charge is 2.18. The maximum absolute atomic E-state index is 13.4. The fourth-order valence-corrected chi connectivity index (χ4v) is 2.27. The predicted octanol–water partition coefficient (Wildman–Crippen LogP) is 2.97. The minimum Gasteiger partial charge on any atom is -0.481 e. The van der Waals surface area contributed by atoms with Gasteiger partial charge in [0.25, 0.3) is 0 Å². The summed E-state index contributed by atoms with van der Waals surface area (Å²) in [5.74, 6) is -2.28. The number of benzene rings is 1. The lowest BCUT2D eigenvalue weighted by molar-refractivity contribution is -0.141. The quantitative estimate of drug-likeness (QED) is 0.772. The Morgan fingerprint density at radius 2 is 2.10 bits per heavy atom. The second-order valence-corrected chi connectivity index (χ2v) is 5.24. The summed E-state index contributed by atoms with van der Waals surface area (Å²) >= 11 is 0. The van der Waals surface area contributed by atoms with Gasteiger partial charge in [-0.1, -0.05) is 19.4 Å². The molecule has 0 aliphatic heterocycles. The first kappa shape index (κ1) is 16.6. The van der Waals surface area contributed by atoms with E-state index in [4.69, 9.17) is 10.8 Å². The monoisotopic (exact) mass is 285 g/mol. The van der Waals surface area contributed by atoms with Crippen LogP contribution in [0.15, 0.2) is 18.2 Å². The smallest absolute Gasteiger partial charge is 0.307 e. The number of carbonyl (C=O) groups is 1. The van der Waals surface area contributed by atoms with E-state index in [0.717, 1.165) is 18.9 Å². The van der Waals surface area contributed by atoms with Gasteiger partial charge in [-0.3, -0.25) is 4.79 Å². The van der Waals surface area contributed by atoms with Gasteiger partial charge in [0.15, 0.2) is 0 Å². The molecule has 0 aliphatic rings. The van der Waals surface area contributed by atoms with E-state index in [1.165, 1.54) is 12.1 Å². The average molecular weight is 285 g/mol. The van der Waals surface area contributed by atoms with E-state index in [9.17, 15) is 13.6 Å². The van der Waals surface area contributed by atoms with Crippen molar-refractivity contribution in [3.63, 3.8) is 0 Å². The number of halogens is 2. The van der Waals surface area contributed by atoms with E-state index >= 15 is 0 Å². The highest BCUT2D eigenvalue weighted by molar-refractivity contribution is 5.70. The van der Waals surface area contributed by atoms with Crippen LogP contribution < -0.4 is 5.73 Å². The van der Waals surface area contributed by atoms with Crippen molar-refractivity contribution in [3.05, 3.63) is 35.4 Å². The minimum atomic E-state index is -0.871. The van der Waals surface area contributed by atoms with Gasteiger partial charge < -0.3 is 10.8 Å². The molecule has 0 heterocycles. The standard InChI is InChI=1S/C15H21F2NO2/c1-10(7-12(9-18)15(19)20)3-2-4-11-5-6-13(16)8-14(11)17/h5-6,8,10,12H,2-4,7,9,18H2,1H3,(H,19,20)/t10-,12-/m1/s1. The Balaban J connectivity index is 2.38. The number of aryl methyl sites for hydroxylation is 1. The number of hydrogen-bond donors (Lipinski definition) is 2. The van der Waals surface area contributed by atoms with Gasteiger partial charge in [-0.2, -0.15) is 0 Å². The molecule has 0 spiro atoms. The zero-order chi connectivity index (χ0) is 15.1. The minimum absolute atomic E-state index is 0.131. The molecule has 20 heavy (non-hydrogen) atoms. The Morgan fingerprint density at radius 1 is 1.40 bits per heavy atom. The topological polar surface area (TPSA) is 63.3 Å². The SMILES string of the molecule is C[C@H](CCCc1ccc(F)cc1F)C[C@H](CN)C(=O)O. The summed E-state index contributed by atoms with van der Waals surface area (Å²) in [7, 11) is 0. The lowest BCUT2D eigenvalue weighted by Gasteiger charge is -2.16. The number of hydrogen-bond acceptors (Lipinski definition) is 2. The van der Waals surface area contributed by atoms with Crippen LogP contribution in [0.5, 0.6) is 0 Å². The lowest BCUT2D eigenvalue weighted by Crippen LogP contribution is -2.25. The van der Waals surface area contributed by atoms with Crippen molar-refractivity contribution in [2.24, 2.45) is 17.6 Å². The van der Waals surface area contributed by atoms with Crippen LogP contribution in [0.4, 0.5) is 8.78 Å². The normalized spacial score (nSPS) is 14.0. The van der Waals surface area contributed by atoms with Crippen molar-refractivity contribution < 1.29 is 18.7 Å². The van der Waals surface area contributed by atoms with E-state index in [1.807, 2.05) is 6.92 Å². The average Bonchev–Trinajstić information content (AvgIpc) is 2.38. The molecule has 112 valence electrons. The highest BCUT2D eigenvalue weighted by Crippen LogP contribution is 2.19. The molecule has 0 aliphatic carbocycles. The summed E-state index contributed by atoms with van der Waals surface area (Å²) < 4.78 is 26.2. The second-order valence-electron chi connectivity index (χ2n) is 5.24. The number of carboxylic acids is 1. The van der Waals surface area contributed by atoms with Gasteiger partial charge in [-0.05, 0) is 36.8 Å². The van der Waals surface area contributed by atoms with Crippen LogP contribution in [-0.2, 0) is 11.2 Å². The molecular formula is C15H21F2NO2. The summed E-state index contributed by atoms with van der Waals surface area (Å²) in [5, 5.41) is 8.92. The third kappa shape index (κ3) is 5.25. The molecule has 0 bridgehead atoms. The molecule has 3 N–H and O–H groups in total. The molecule has 2 atom stereocenters. The summed E-state index contributed by atoms with van der Waals surface area (Å²) in [5.41, 5.74) is 5.90. The zero-order valence-electron chi connectivity index (χ0n) is 11.6. The fraction of sp³-hybridized carbons (Fsp3) is 0.533. The van der Waals surface area contributed by atoms with Crippen molar-refractivity contribution in [1.29, 1.82) is 0 Å². The number of rotatable bonds is 8. The Morgan fingerprint density at radius 3 is 2.65 bits per heavy atom. The maximum atomic E-state index is 13.4. The molecule has 5 heteroatoms. The molecule has 3 nitrogen and oxygen atoms in total. The number of carboxylic acid groups (broad SMARTS) is 1. The molecule has 0 aromatic heterocycles. The van der Waals surface area contributed by atoms with Crippen molar-refractivity contribution in [1.82, 2.24) is 0 Å². The number of aliphatic carboxylic acids is 1. The lowest BCUT2D eigenvalue weighted by atomic mass is 9.91. The summed E-state index contributed by atoms with van der Waals surface area (Å²) in [6, 6.07) is 3.58. The predicted molar refractivity (Wildman–Crippen MR) is 73.3 cm³/mol. The molecule has 0 saturated heterocycles. The molecule has 1 aromatic carbocycles. The van der Waals surface area contributed by atoms with Gasteiger partial charge in [0, 0.05) is 12.6 Å². The van der Waals surface area contributed by atoms with Crippen LogP contribution in [0.1, 0.15) is 31.7 Å². The van der Waals surface area contributed by atoms with Gasteiger partial charge >= 0.3 is 5.97 Å². The zero-order valence-corrected chi connectivity index (χ0v) is 11.6. The van der Waals surface area contributed by atoms with Crippen LogP contribution in [0.2, 0.25) is 0 Å². The molecule has 1 aromatic rings. The van der Waals surface area contributed by atoms with Crippen LogP contribution in [0.25, 0.3) is 0 Å².